The average Bonchev–Trinajstić information content (AvgIpc) is 3.07. The standard InChI is InChI=1S/C23H23BrN2O3/c1-4-14-9-10-18(17(24)12-14)26-13-16-19(23(26)27)21(28-5-2)15-8-7-11-25-20(15)22(16)29-6-3/h7-12H,4-6,13H2,1-3H3. The molecule has 0 atom stereocenters. The summed E-state index contributed by atoms with van der Waals surface area (Å²) in [6, 6.07) is 9.89. The summed E-state index contributed by atoms with van der Waals surface area (Å²) >= 11 is 3.64. The number of pyridine rings is 1. The minimum Gasteiger partial charge on any atom is -0.492 e. The Hall–Kier alpha value is -2.60. The number of aryl methyl sites for hydroxylation is 1. The number of nitrogens with zero attached hydrogens (tertiary/aromatic N) is 2. The molecule has 2 heterocycles. The molecule has 1 aromatic heterocycles. The van der Waals surface area contributed by atoms with E-state index < -0.39 is 0 Å². The third-order valence-electron chi connectivity index (χ3n) is 5.13. The molecule has 6 heteroatoms. The van der Waals surface area contributed by atoms with Crippen molar-refractivity contribution >= 4 is 38.4 Å². The number of hydrogen-bond donors (Lipinski definition) is 0. The van der Waals surface area contributed by atoms with Crippen LogP contribution in [0.25, 0.3) is 10.9 Å². The molecule has 0 saturated heterocycles. The summed E-state index contributed by atoms with van der Waals surface area (Å²) < 4.78 is 12.8. The molecule has 1 amide bonds. The normalized spacial score (nSPS) is 13.1. The van der Waals surface area contributed by atoms with E-state index in [2.05, 4.69) is 40.0 Å². The largest absolute Gasteiger partial charge is 0.492 e. The van der Waals surface area contributed by atoms with Crippen LogP contribution in [-0.2, 0) is 13.0 Å². The van der Waals surface area contributed by atoms with Crippen LogP contribution in [0.15, 0.2) is 41.0 Å². The number of rotatable bonds is 6. The fourth-order valence-electron chi connectivity index (χ4n) is 3.82. The lowest BCUT2D eigenvalue weighted by atomic mass is 10.0. The average molecular weight is 455 g/mol. The molecule has 0 N–H and O–H groups in total. The predicted octanol–water partition coefficient (Wildman–Crippen LogP) is 5.52. The molecule has 0 radical (unpaired) electrons. The van der Waals surface area contributed by atoms with E-state index in [4.69, 9.17) is 9.47 Å². The third kappa shape index (κ3) is 3.25. The Labute approximate surface area is 178 Å². The Balaban J connectivity index is 1.93. The van der Waals surface area contributed by atoms with Gasteiger partial charge in [-0.25, -0.2) is 0 Å². The summed E-state index contributed by atoms with van der Waals surface area (Å²) in [4.78, 5) is 19.9. The van der Waals surface area contributed by atoms with Gasteiger partial charge in [-0.1, -0.05) is 13.0 Å². The smallest absolute Gasteiger partial charge is 0.262 e. The zero-order chi connectivity index (χ0) is 20.5. The Bertz CT molecular complexity index is 1100. The first-order valence-corrected chi connectivity index (χ1v) is 10.7. The van der Waals surface area contributed by atoms with Crippen molar-refractivity contribution in [2.75, 3.05) is 18.1 Å². The van der Waals surface area contributed by atoms with Crippen LogP contribution in [0.2, 0.25) is 0 Å². The fourth-order valence-corrected chi connectivity index (χ4v) is 4.46. The Morgan fingerprint density at radius 2 is 1.86 bits per heavy atom. The van der Waals surface area contributed by atoms with Gasteiger partial charge in [0, 0.05) is 21.6 Å². The summed E-state index contributed by atoms with van der Waals surface area (Å²) in [5.41, 5.74) is 4.18. The van der Waals surface area contributed by atoms with Gasteiger partial charge in [0.25, 0.3) is 5.91 Å². The molecule has 0 spiro atoms. The summed E-state index contributed by atoms with van der Waals surface area (Å²) in [5, 5.41) is 0.798. The van der Waals surface area contributed by atoms with Gasteiger partial charge in [-0.15, -0.1) is 0 Å². The number of carbonyl (C=O) groups excluding carboxylic acids is 1. The topological polar surface area (TPSA) is 51.7 Å². The molecule has 2 aromatic carbocycles. The summed E-state index contributed by atoms with van der Waals surface area (Å²) in [6.45, 7) is 7.34. The Morgan fingerprint density at radius 1 is 1.10 bits per heavy atom. The van der Waals surface area contributed by atoms with Crippen molar-refractivity contribution in [3.05, 3.63) is 57.7 Å². The molecule has 150 valence electrons. The van der Waals surface area contributed by atoms with Crippen LogP contribution >= 0.6 is 15.9 Å². The van der Waals surface area contributed by atoms with Crippen LogP contribution in [0.4, 0.5) is 5.69 Å². The van der Waals surface area contributed by atoms with Crippen molar-refractivity contribution < 1.29 is 14.3 Å². The first-order valence-electron chi connectivity index (χ1n) is 9.90. The number of carbonyl (C=O) groups is 1. The molecule has 29 heavy (non-hydrogen) atoms. The van der Waals surface area contributed by atoms with E-state index in [0.29, 0.717) is 36.8 Å². The summed E-state index contributed by atoms with van der Waals surface area (Å²) in [7, 11) is 0. The van der Waals surface area contributed by atoms with E-state index in [1.807, 2.05) is 32.0 Å². The molecule has 3 aromatic rings. The van der Waals surface area contributed by atoms with Crippen LogP contribution in [0, 0.1) is 0 Å². The molecule has 1 aliphatic rings. The van der Waals surface area contributed by atoms with Gasteiger partial charge in [0.1, 0.15) is 11.3 Å². The monoisotopic (exact) mass is 454 g/mol. The highest BCUT2D eigenvalue weighted by molar-refractivity contribution is 9.10. The lowest BCUT2D eigenvalue weighted by Gasteiger charge is -2.18. The number of benzene rings is 2. The number of aromatic nitrogens is 1. The second-order valence-electron chi connectivity index (χ2n) is 6.81. The van der Waals surface area contributed by atoms with Gasteiger partial charge in [0.05, 0.1) is 31.0 Å². The molecule has 0 saturated carbocycles. The minimum absolute atomic E-state index is 0.0832. The molecule has 0 unspecified atom stereocenters. The van der Waals surface area contributed by atoms with Gasteiger partial charge in [-0.3, -0.25) is 9.78 Å². The van der Waals surface area contributed by atoms with E-state index in [1.54, 1.807) is 11.1 Å². The maximum atomic E-state index is 13.5. The number of amides is 1. The van der Waals surface area contributed by atoms with E-state index >= 15 is 0 Å². The molecular weight excluding hydrogens is 432 g/mol. The van der Waals surface area contributed by atoms with Crippen molar-refractivity contribution in [1.29, 1.82) is 0 Å². The highest BCUT2D eigenvalue weighted by Gasteiger charge is 2.37. The van der Waals surface area contributed by atoms with Crippen LogP contribution in [0.3, 0.4) is 0 Å². The van der Waals surface area contributed by atoms with Gasteiger partial charge < -0.3 is 14.4 Å². The number of halogens is 1. The number of hydrogen-bond acceptors (Lipinski definition) is 4. The lowest BCUT2D eigenvalue weighted by Crippen LogP contribution is -2.23. The molecule has 5 nitrogen and oxygen atoms in total. The van der Waals surface area contributed by atoms with E-state index in [0.717, 1.165) is 33.0 Å². The summed E-state index contributed by atoms with van der Waals surface area (Å²) in [5.74, 6) is 1.17. The van der Waals surface area contributed by atoms with Gasteiger partial charge >= 0.3 is 0 Å². The second-order valence-corrected chi connectivity index (χ2v) is 7.66. The van der Waals surface area contributed by atoms with Crippen LogP contribution < -0.4 is 14.4 Å². The summed E-state index contributed by atoms with van der Waals surface area (Å²) in [6.07, 6.45) is 2.68. The highest BCUT2D eigenvalue weighted by Crippen LogP contribution is 2.46. The zero-order valence-electron chi connectivity index (χ0n) is 16.8. The van der Waals surface area contributed by atoms with Crippen LogP contribution in [0.5, 0.6) is 11.5 Å². The van der Waals surface area contributed by atoms with Gasteiger partial charge in [0.2, 0.25) is 0 Å². The molecule has 0 aliphatic carbocycles. The van der Waals surface area contributed by atoms with Crippen molar-refractivity contribution in [2.45, 2.75) is 33.7 Å². The van der Waals surface area contributed by atoms with Crippen molar-refractivity contribution in [2.24, 2.45) is 0 Å². The van der Waals surface area contributed by atoms with Gasteiger partial charge in [-0.05, 0) is 66.0 Å². The lowest BCUT2D eigenvalue weighted by molar-refractivity contribution is 0.0993. The van der Waals surface area contributed by atoms with Crippen LogP contribution in [0.1, 0.15) is 42.3 Å². The molecule has 4 rings (SSSR count). The zero-order valence-corrected chi connectivity index (χ0v) is 18.4. The van der Waals surface area contributed by atoms with Crippen molar-refractivity contribution in [3.8, 4) is 11.5 Å². The highest BCUT2D eigenvalue weighted by atomic mass is 79.9. The first-order chi connectivity index (χ1) is 14.1. The van der Waals surface area contributed by atoms with E-state index in [-0.39, 0.29) is 5.91 Å². The van der Waals surface area contributed by atoms with E-state index in [9.17, 15) is 4.79 Å². The fraction of sp³-hybridized carbons (Fsp3) is 0.304. The molecule has 0 bridgehead atoms. The number of ether oxygens (including phenoxy) is 2. The maximum Gasteiger partial charge on any atom is 0.262 e. The number of anilines is 1. The minimum atomic E-state index is -0.0832. The molecular formula is C23H23BrN2O3. The molecule has 1 aliphatic heterocycles. The first kappa shape index (κ1) is 19.7. The van der Waals surface area contributed by atoms with Crippen LogP contribution in [-0.4, -0.2) is 24.1 Å². The van der Waals surface area contributed by atoms with Gasteiger partial charge in [-0.2, -0.15) is 0 Å². The quantitative estimate of drug-likeness (QED) is 0.492. The SMILES string of the molecule is CCOc1c2c(c(OCC)c3ncccc13)CN(c1ccc(CC)cc1Br)C2=O. The van der Waals surface area contributed by atoms with Crippen molar-refractivity contribution in [3.63, 3.8) is 0 Å². The second kappa shape index (κ2) is 8.03. The third-order valence-corrected chi connectivity index (χ3v) is 5.77. The maximum absolute atomic E-state index is 13.5. The predicted molar refractivity (Wildman–Crippen MR) is 118 cm³/mol. The van der Waals surface area contributed by atoms with E-state index in [1.165, 1.54) is 5.56 Å². The number of fused-ring (bicyclic) bond motifs is 2. The Morgan fingerprint density at radius 3 is 2.55 bits per heavy atom. The Kier molecular flexibility index (Phi) is 5.46. The van der Waals surface area contributed by atoms with Gasteiger partial charge in [0.15, 0.2) is 5.75 Å². The van der Waals surface area contributed by atoms with Crippen molar-refractivity contribution in [1.82, 2.24) is 4.98 Å². The molecule has 0 fully saturated rings.